The van der Waals surface area contributed by atoms with Gasteiger partial charge in [0.1, 0.15) is 11.3 Å². The second-order valence-corrected chi connectivity index (χ2v) is 5.21. The highest BCUT2D eigenvalue weighted by Gasteiger charge is 2.23. The molecule has 0 saturated heterocycles. The van der Waals surface area contributed by atoms with Crippen LogP contribution in [0.3, 0.4) is 0 Å². The fourth-order valence-corrected chi connectivity index (χ4v) is 2.49. The normalized spacial score (nSPS) is 22.8. The van der Waals surface area contributed by atoms with Crippen molar-refractivity contribution in [1.82, 2.24) is 0 Å². The van der Waals surface area contributed by atoms with Crippen LogP contribution >= 0.6 is 0 Å². The number of methoxy groups -OCH3 is 1. The van der Waals surface area contributed by atoms with Gasteiger partial charge in [0.2, 0.25) is 0 Å². The predicted octanol–water partition coefficient (Wildman–Crippen LogP) is 3.01. The van der Waals surface area contributed by atoms with E-state index in [0.717, 1.165) is 18.8 Å². The number of carbonyl (C=O) groups excluding carboxylic acids is 1. The molecule has 0 atom stereocenters. The molecule has 0 radical (unpaired) electrons. The zero-order chi connectivity index (χ0) is 13.8. The first-order valence-electron chi connectivity index (χ1n) is 6.75. The fourth-order valence-electron chi connectivity index (χ4n) is 2.49. The number of hydrogen-bond donors (Lipinski definition) is 1. The van der Waals surface area contributed by atoms with E-state index >= 15 is 0 Å². The Morgan fingerprint density at radius 1 is 1.26 bits per heavy atom. The van der Waals surface area contributed by atoms with Gasteiger partial charge < -0.3 is 15.2 Å². The minimum atomic E-state index is -0.447. The van der Waals surface area contributed by atoms with Crippen LogP contribution < -0.4 is 10.5 Å². The van der Waals surface area contributed by atoms with Crippen molar-refractivity contribution >= 4 is 11.7 Å². The Kier molecular flexibility index (Phi) is 4.30. The van der Waals surface area contributed by atoms with E-state index in [-0.39, 0.29) is 6.10 Å². The number of ether oxygens (including phenoxy) is 2. The summed E-state index contributed by atoms with van der Waals surface area (Å²) in [5.74, 6) is 0.851. The molecule has 1 aliphatic rings. The van der Waals surface area contributed by atoms with E-state index in [9.17, 15) is 4.79 Å². The van der Waals surface area contributed by atoms with Crippen molar-refractivity contribution in [3.8, 4) is 5.75 Å². The van der Waals surface area contributed by atoms with Gasteiger partial charge in [0.15, 0.2) is 0 Å². The number of anilines is 1. The SMILES string of the molecule is COC(=O)c1c(N)cccc1OC1CCC(C)CC1. The number of nitrogens with two attached hydrogens (primary N) is 1. The van der Waals surface area contributed by atoms with Gasteiger partial charge in [-0.05, 0) is 43.7 Å². The van der Waals surface area contributed by atoms with E-state index < -0.39 is 5.97 Å². The molecule has 0 aliphatic heterocycles. The number of hydrogen-bond acceptors (Lipinski definition) is 4. The summed E-state index contributed by atoms with van der Waals surface area (Å²) in [7, 11) is 1.35. The average Bonchev–Trinajstić information content (AvgIpc) is 2.41. The summed E-state index contributed by atoms with van der Waals surface area (Å²) in [6.07, 6.45) is 4.55. The second-order valence-electron chi connectivity index (χ2n) is 5.21. The lowest BCUT2D eigenvalue weighted by Crippen LogP contribution is -2.24. The number of rotatable bonds is 3. The molecule has 1 aliphatic carbocycles. The number of nitrogen functional groups attached to an aromatic ring is 1. The molecule has 1 aromatic rings. The molecule has 0 spiro atoms. The van der Waals surface area contributed by atoms with E-state index in [1.54, 1.807) is 18.2 Å². The molecule has 0 aromatic heterocycles. The van der Waals surface area contributed by atoms with Crippen LogP contribution in [0.4, 0.5) is 5.69 Å². The van der Waals surface area contributed by atoms with Gasteiger partial charge in [-0.15, -0.1) is 0 Å². The first kappa shape index (κ1) is 13.7. The first-order valence-corrected chi connectivity index (χ1v) is 6.75. The third kappa shape index (κ3) is 3.19. The van der Waals surface area contributed by atoms with Crippen LogP contribution in [0.5, 0.6) is 5.75 Å². The van der Waals surface area contributed by atoms with E-state index in [2.05, 4.69) is 6.92 Å². The largest absolute Gasteiger partial charge is 0.489 e. The predicted molar refractivity (Wildman–Crippen MR) is 74.2 cm³/mol. The van der Waals surface area contributed by atoms with Crippen molar-refractivity contribution in [3.63, 3.8) is 0 Å². The Morgan fingerprint density at radius 2 is 1.95 bits per heavy atom. The van der Waals surface area contributed by atoms with Crippen LogP contribution in [0.1, 0.15) is 43.0 Å². The maximum absolute atomic E-state index is 11.8. The Morgan fingerprint density at radius 3 is 2.58 bits per heavy atom. The van der Waals surface area contributed by atoms with E-state index in [1.165, 1.54) is 20.0 Å². The summed E-state index contributed by atoms with van der Waals surface area (Å²) < 4.78 is 10.7. The number of carbonyl (C=O) groups is 1. The van der Waals surface area contributed by atoms with Gasteiger partial charge in [-0.2, -0.15) is 0 Å². The van der Waals surface area contributed by atoms with Crippen molar-refractivity contribution in [3.05, 3.63) is 23.8 Å². The Balaban J connectivity index is 2.16. The number of benzene rings is 1. The highest BCUT2D eigenvalue weighted by atomic mass is 16.5. The summed E-state index contributed by atoms with van der Waals surface area (Å²) in [5.41, 5.74) is 6.58. The van der Waals surface area contributed by atoms with Crippen LogP contribution in [-0.2, 0) is 4.74 Å². The van der Waals surface area contributed by atoms with Crippen LogP contribution in [0.15, 0.2) is 18.2 Å². The molecule has 2 N–H and O–H groups in total. The summed E-state index contributed by atoms with van der Waals surface area (Å²) in [6.45, 7) is 2.26. The van der Waals surface area contributed by atoms with Gasteiger partial charge in [-0.25, -0.2) is 4.79 Å². The summed E-state index contributed by atoms with van der Waals surface area (Å²) in [6, 6.07) is 5.26. The van der Waals surface area contributed by atoms with Gasteiger partial charge >= 0.3 is 5.97 Å². The average molecular weight is 263 g/mol. The lowest BCUT2D eigenvalue weighted by atomic mass is 9.89. The molecule has 19 heavy (non-hydrogen) atoms. The molecule has 0 unspecified atom stereocenters. The zero-order valence-corrected chi connectivity index (χ0v) is 11.5. The van der Waals surface area contributed by atoms with Crippen LogP contribution in [0.2, 0.25) is 0 Å². The quantitative estimate of drug-likeness (QED) is 0.672. The Bertz CT molecular complexity index is 451. The van der Waals surface area contributed by atoms with E-state index in [0.29, 0.717) is 17.0 Å². The van der Waals surface area contributed by atoms with Crippen LogP contribution in [0.25, 0.3) is 0 Å². The Labute approximate surface area is 113 Å². The topological polar surface area (TPSA) is 61.5 Å². The molecule has 1 aromatic carbocycles. The van der Waals surface area contributed by atoms with Crippen molar-refractivity contribution in [2.24, 2.45) is 5.92 Å². The fraction of sp³-hybridized carbons (Fsp3) is 0.533. The van der Waals surface area contributed by atoms with Gasteiger partial charge in [0.25, 0.3) is 0 Å². The molecule has 4 nitrogen and oxygen atoms in total. The van der Waals surface area contributed by atoms with Crippen molar-refractivity contribution in [1.29, 1.82) is 0 Å². The summed E-state index contributed by atoms with van der Waals surface area (Å²) in [4.78, 5) is 11.8. The zero-order valence-electron chi connectivity index (χ0n) is 11.5. The monoisotopic (exact) mass is 263 g/mol. The minimum absolute atomic E-state index is 0.168. The molecule has 1 fully saturated rings. The molecule has 4 heteroatoms. The smallest absolute Gasteiger partial charge is 0.343 e. The molecular formula is C15H21NO3. The highest BCUT2D eigenvalue weighted by Crippen LogP contribution is 2.31. The number of esters is 1. The molecule has 104 valence electrons. The summed E-state index contributed by atoms with van der Waals surface area (Å²) in [5, 5.41) is 0. The molecule has 1 saturated carbocycles. The maximum Gasteiger partial charge on any atom is 0.343 e. The Hall–Kier alpha value is -1.71. The van der Waals surface area contributed by atoms with Crippen molar-refractivity contribution < 1.29 is 14.3 Å². The standard InChI is InChI=1S/C15H21NO3/c1-10-6-8-11(9-7-10)19-13-5-3-4-12(16)14(13)15(17)18-2/h3-5,10-11H,6-9,16H2,1-2H3. The first-order chi connectivity index (χ1) is 9.11. The molecule has 0 amide bonds. The minimum Gasteiger partial charge on any atom is -0.489 e. The van der Waals surface area contributed by atoms with Gasteiger partial charge in [0, 0.05) is 5.69 Å². The lowest BCUT2D eigenvalue weighted by Gasteiger charge is -2.27. The third-order valence-corrected chi connectivity index (χ3v) is 3.70. The van der Waals surface area contributed by atoms with Gasteiger partial charge in [-0.3, -0.25) is 0 Å². The van der Waals surface area contributed by atoms with Crippen LogP contribution in [-0.4, -0.2) is 19.2 Å². The molecular weight excluding hydrogens is 242 g/mol. The maximum atomic E-state index is 11.8. The van der Waals surface area contributed by atoms with Crippen LogP contribution in [0, 0.1) is 5.92 Å². The third-order valence-electron chi connectivity index (χ3n) is 3.70. The second kappa shape index (κ2) is 5.95. The van der Waals surface area contributed by atoms with Crippen molar-refractivity contribution in [2.45, 2.75) is 38.7 Å². The molecule has 0 heterocycles. The molecule has 0 bridgehead atoms. The molecule has 2 rings (SSSR count). The lowest BCUT2D eigenvalue weighted by molar-refractivity contribution is 0.0590. The van der Waals surface area contributed by atoms with Crippen molar-refractivity contribution in [2.75, 3.05) is 12.8 Å². The van der Waals surface area contributed by atoms with E-state index in [4.69, 9.17) is 15.2 Å². The van der Waals surface area contributed by atoms with Gasteiger partial charge in [-0.1, -0.05) is 13.0 Å². The van der Waals surface area contributed by atoms with Gasteiger partial charge in [0.05, 0.1) is 13.2 Å². The highest BCUT2D eigenvalue weighted by molar-refractivity contribution is 5.98. The summed E-state index contributed by atoms with van der Waals surface area (Å²) >= 11 is 0. The van der Waals surface area contributed by atoms with E-state index in [1.807, 2.05) is 0 Å².